The summed E-state index contributed by atoms with van der Waals surface area (Å²) in [5, 5.41) is 0. The maximum absolute atomic E-state index is 13.3. The maximum atomic E-state index is 13.3. The van der Waals surface area contributed by atoms with Crippen LogP contribution in [0, 0.1) is 0 Å². The summed E-state index contributed by atoms with van der Waals surface area (Å²) >= 11 is 0. The minimum absolute atomic E-state index is 0.0123. The molecular weight excluding hydrogens is 366 g/mol. The van der Waals surface area contributed by atoms with E-state index in [9.17, 15) is 13.6 Å². The van der Waals surface area contributed by atoms with Gasteiger partial charge in [0.1, 0.15) is 19.0 Å². The van der Waals surface area contributed by atoms with Crippen LogP contribution in [0.25, 0.3) is 17.1 Å². The van der Waals surface area contributed by atoms with E-state index in [0.717, 1.165) is 10.1 Å². The van der Waals surface area contributed by atoms with Crippen molar-refractivity contribution in [2.45, 2.75) is 13.2 Å². The number of carbonyl (C=O) groups is 1. The number of aromatic nitrogens is 2. The molecule has 0 spiro atoms. The molecule has 28 heavy (non-hydrogen) atoms. The smallest absolute Gasteiger partial charge is 0.331 e. The Morgan fingerprint density at radius 3 is 2.64 bits per heavy atom. The van der Waals surface area contributed by atoms with E-state index >= 15 is 0 Å². The van der Waals surface area contributed by atoms with E-state index < -0.39 is 12.5 Å². The van der Waals surface area contributed by atoms with Crippen LogP contribution >= 0.6 is 0 Å². The zero-order valence-electron chi connectivity index (χ0n) is 14.9. The molecule has 0 fully saturated rings. The molecule has 2 aromatic carbocycles. The Hall–Kier alpha value is -3.48. The Bertz CT molecular complexity index is 995. The van der Waals surface area contributed by atoms with Gasteiger partial charge in [0, 0.05) is 6.08 Å². The molecule has 0 unspecified atom stereocenters. The number of imidazole rings is 1. The minimum Gasteiger partial charge on any atom is -0.490 e. The zero-order valence-corrected chi connectivity index (χ0v) is 14.9. The minimum atomic E-state index is -2.78. The lowest BCUT2D eigenvalue weighted by Crippen LogP contribution is -2.09. The van der Waals surface area contributed by atoms with Crippen LogP contribution in [0.4, 0.5) is 8.78 Å². The van der Waals surface area contributed by atoms with Crippen LogP contribution in [0.5, 0.6) is 5.75 Å². The number of nitrogens with zero attached hydrogens (tertiary/aromatic N) is 2. The van der Waals surface area contributed by atoms with Crippen molar-refractivity contribution in [1.82, 2.24) is 9.55 Å². The molecule has 5 nitrogen and oxygen atoms in total. The van der Waals surface area contributed by atoms with E-state index in [1.54, 1.807) is 60.7 Å². The standard InChI is InChI=1S/C21H18F2N2O3/c1-2-13-27-16-10-7-15(8-11-16)9-12-20(26)28-14-19-24-17-5-3-4-6-18(17)25(19)21(22)23/h2-12,21H,1,13-14H2/b12-9+. The van der Waals surface area contributed by atoms with Crippen molar-refractivity contribution in [3.63, 3.8) is 0 Å². The van der Waals surface area contributed by atoms with Crippen LogP contribution in [0.3, 0.4) is 0 Å². The molecule has 0 radical (unpaired) electrons. The van der Waals surface area contributed by atoms with Gasteiger partial charge in [-0.25, -0.2) is 9.78 Å². The lowest BCUT2D eigenvalue weighted by atomic mass is 10.2. The maximum Gasteiger partial charge on any atom is 0.331 e. The van der Waals surface area contributed by atoms with Gasteiger partial charge in [-0.15, -0.1) is 0 Å². The van der Waals surface area contributed by atoms with Crippen LogP contribution in [-0.2, 0) is 16.1 Å². The molecule has 1 aromatic heterocycles. The van der Waals surface area contributed by atoms with Crippen molar-refractivity contribution in [2.24, 2.45) is 0 Å². The number of ether oxygens (including phenoxy) is 2. The number of hydrogen-bond acceptors (Lipinski definition) is 4. The van der Waals surface area contributed by atoms with Crippen molar-refractivity contribution in [3.8, 4) is 5.75 Å². The summed E-state index contributed by atoms with van der Waals surface area (Å²) in [7, 11) is 0. The van der Waals surface area contributed by atoms with Crippen molar-refractivity contribution in [1.29, 1.82) is 0 Å². The summed E-state index contributed by atoms with van der Waals surface area (Å²) in [6, 6.07) is 13.6. The monoisotopic (exact) mass is 384 g/mol. The van der Waals surface area contributed by atoms with Crippen molar-refractivity contribution < 1.29 is 23.0 Å². The van der Waals surface area contributed by atoms with Crippen LogP contribution in [0.2, 0.25) is 0 Å². The molecule has 1 heterocycles. The number of alkyl halides is 2. The predicted molar refractivity (Wildman–Crippen MR) is 102 cm³/mol. The number of esters is 1. The van der Waals surface area contributed by atoms with Gasteiger partial charge < -0.3 is 9.47 Å². The molecule has 0 aliphatic heterocycles. The van der Waals surface area contributed by atoms with Crippen molar-refractivity contribution >= 4 is 23.1 Å². The van der Waals surface area contributed by atoms with Gasteiger partial charge in [0.05, 0.1) is 11.0 Å². The number of carbonyl (C=O) groups excluding carboxylic acids is 1. The number of hydrogen-bond donors (Lipinski definition) is 0. The second-order valence-corrected chi connectivity index (χ2v) is 5.77. The van der Waals surface area contributed by atoms with Gasteiger partial charge in [-0.2, -0.15) is 8.78 Å². The zero-order chi connectivity index (χ0) is 19.9. The van der Waals surface area contributed by atoms with Gasteiger partial charge in [-0.1, -0.05) is 36.9 Å². The highest BCUT2D eigenvalue weighted by atomic mass is 19.3. The number of fused-ring (bicyclic) bond motifs is 1. The fourth-order valence-electron chi connectivity index (χ4n) is 2.59. The molecule has 0 amide bonds. The SMILES string of the molecule is C=CCOc1ccc(/C=C/C(=O)OCc2nc3ccccc3n2C(F)F)cc1. The van der Waals surface area contributed by atoms with E-state index in [1.807, 2.05) is 0 Å². The van der Waals surface area contributed by atoms with E-state index in [0.29, 0.717) is 17.9 Å². The fraction of sp³-hybridized carbons (Fsp3) is 0.143. The topological polar surface area (TPSA) is 53.4 Å². The highest BCUT2D eigenvalue weighted by molar-refractivity contribution is 5.87. The van der Waals surface area contributed by atoms with Crippen molar-refractivity contribution in [2.75, 3.05) is 6.61 Å². The summed E-state index contributed by atoms with van der Waals surface area (Å²) in [6.45, 7) is 0.851. The summed E-state index contributed by atoms with van der Waals surface area (Å²) in [5.74, 6) is 0.0204. The molecule has 0 aliphatic carbocycles. The number of benzene rings is 2. The molecule has 0 N–H and O–H groups in total. The van der Waals surface area contributed by atoms with Gasteiger partial charge in [0.25, 0.3) is 0 Å². The third kappa shape index (κ3) is 4.62. The van der Waals surface area contributed by atoms with Gasteiger partial charge in [-0.05, 0) is 35.9 Å². The molecule has 0 saturated heterocycles. The Morgan fingerprint density at radius 2 is 1.93 bits per heavy atom. The quantitative estimate of drug-likeness (QED) is 0.319. The lowest BCUT2D eigenvalue weighted by molar-refractivity contribution is -0.139. The first-order valence-electron chi connectivity index (χ1n) is 8.51. The normalized spacial score (nSPS) is 11.2. The molecule has 7 heteroatoms. The van der Waals surface area contributed by atoms with E-state index in [2.05, 4.69) is 11.6 Å². The van der Waals surface area contributed by atoms with E-state index in [-0.39, 0.29) is 17.9 Å². The summed E-state index contributed by atoms with van der Waals surface area (Å²) in [6.07, 6.45) is 4.44. The van der Waals surface area contributed by atoms with Crippen LogP contribution in [0.15, 0.2) is 67.3 Å². The Balaban J connectivity index is 1.63. The average molecular weight is 384 g/mol. The Morgan fingerprint density at radius 1 is 1.18 bits per heavy atom. The summed E-state index contributed by atoms with van der Waals surface area (Å²) < 4.78 is 37.9. The second kappa shape index (κ2) is 8.94. The number of rotatable bonds is 8. The molecular formula is C21H18F2N2O3. The lowest BCUT2D eigenvalue weighted by Gasteiger charge is -2.07. The fourth-order valence-corrected chi connectivity index (χ4v) is 2.59. The molecule has 0 saturated carbocycles. The van der Waals surface area contributed by atoms with Gasteiger partial charge >= 0.3 is 12.5 Å². The summed E-state index contributed by atoms with van der Waals surface area (Å²) in [5.41, 5.74) is 1.48. The highest BCUT2D eigenvalue weighted by Crippen LogP contribution is 2.23. The third-order valence-corrected chi connectivity index (χ3v) is 3.87. The predicted octanol–water partition coefficient (Wildman–Crippen LogP) is 4.75. The first-order chi connectivity index (χ1) is 13.6. The third-order valence-electron chi connectivity index (χ3n) is 3.87. The number of para-hydroxylation sites is 2. The van der Waals surface area contributed by atoms with Crippen LogP contribution in [0.1, 0.15) is 17.9 Å². The van der Waals surface area contributed by atoms with Crippen LogP contribution in [-0.4, -0.2) is 22.1 Å². The van der Waals surface area contributed by atoms with Crippen LogP contribution < -0.4 is 4.74 Å². The molecule has 3 aromatic rings. The molecule has 144 valence electrons. The van der Waals surface area contributed by atoms with Gasteiger partial charge in [0.2, 0.25) is 0 Å². The summed E-state index contributed by atoms with van der Waals surface area (Å²) in [4.78, 5) is 16.0. The average Bonchev–Trinajstić information content (AvgIpc) is 3.08. The highest BCUT2D eigenvalue weighted by Gasteiger charge is 2.18. The number of halogens is 2. The molecule has 0 bridgehead atoms. The van der Waals surface area contributed by atoms with Gasteiger partial charge in [0.15, 0.2) is 5.82 Å². The Labute approximate surface area is 160 Å². The van der Waals surface area contributed by atoms with Crippen molar-refractivity contribution in [3.05, 3.63) is 78.6 Å². The van der Waals surface area contributed by atoms with E-state index in [1.165, 1.54) is 6.08 Å². The Kier molecular flexibility index (Phi) is 6.16. The second-order valence-electron chi connectivity index (χ2n) is 5.77. The first-order valence-corrected chi connectivity index (χ1v) is 8.51. The van der Waals surface area contributed by atoms with E-state index in [4.69, 9.17) is 9.47 Å². The first kappa shape index (κ1) is 19.3. The largest absolute Gasteiger partial charge is 0.490 e. The molecule has 0 aliphatic rings. The van der Waals surface area contributed by atoms with Gasteiger partial charge in [-0.3, -0.25) is 4.57 Å². The molecule has 0 atom stereocenters. The molecule has 3 rings (SSSR count).